The molecule has 0 aliphatic carbocycles. The number of pyridine rings is 1. The fourth-order valence-electron chi connectivity index (χ4n) is 2.69. The summed E-state index contributed by atoms with van der Waals surface area (Å²) in [6.45, 7) is 3.17. The minimum atomic E-state index is -0.595. The number of β-amino-alcohol motifs (C(OH)–C–C–N with tert-alkyl or cyclic N) is 1. The van der Waals surface area contributed by atoms with Gasteiger partial charge in [0.25, 0.3) is 0 Å². The monoisotopic (exact) mass is 318 g/mol. The highest BCUT2D eigenvalue weighted by Gasteiger charge is 2.28. The van der Waals surface area contributed by atoms with Crippen molar-refractivity contribution in [3.05, 3.63) is 35.6 Å². The number of aromatic nitrogens is 2. The van der Waals surface area contributed by atoms with Gasteiger partial charge in [0.1, 0.15) is 5.01 Å². The van der Waals surface area contributed by atoms with Crippen molar-refractivity contribution < 1.29 is 5.11 Å². The third-order valence-electron chi connectivity index (χ3n) is 3.94. The van der Waals surface area contributed by atoms with Crippen LogP contribution in [-0.2, 0) is 6.42 Å². The molecule has 0 unspecified atom stereocenters. The van der Waals surface area contributed by atoms with Gasteiger partial charge in [0.2, 0.25) is 0 Å². The first kappa shape index (κ1) is 15.6. The van der Waals surface area contributed by atoms with Crippen LogP contribution in [0.3, 0.4) is 0 Å². The molecular formula is C16H22N4OS. The Morgan fingerprint density at radius 3 is 3.00 bits per heavy atom. The molecule has 2 aromatic rings. The van der Waals surface area contributed by atoms with Crippen LogP contribution >= 0.6 is 11.3 Å². The van der Waals surface area contributed by atoms with Crippen LogP contribution in [0.15, 0.2) is 29.9 Å². The predicted octanol–water partition coefficient (Wildman–Crippen LogP) is 1.45. The van der Waals surface area contributed by atoms with E-state index in [1.807, 2.05) is 12.1 Å². The van der Waals surface area contributed by atoms with Crippen LogP contribution in [0.4, 0.5) is 0 Å². The first-order chi connectivity index (χ1) is 10.8. The van der Waals surface area contributed by atoms with E-state index in [1.54, 1.807) is 23.7 Å². The molecule has 1 atom stereocenters. The van der Waals surface area contributed by atoms with Gasteiger partial charge in [-0.25, -0.2) is 4.98 Å². The highest BCUT2D eigenvalue weighted by molar-refractivity contribution is 7.13. The Bertz CT molecular complexity index is 581. The molecule has 5 nitrogen and oxygen atoms in total. The Morgan fingerprint density at radius 1 is 1.36 bits per heavy atom. The van der Waals surface area contributed by atoms with Gasteiger partial charge in [0, 0.05) is 49.4 Å². The fourth-order valence-corrected chi connectivity index (χ4v) is 3.55. The van der Waals surface area contributed by atoms with Crippen molar-refractivity contribution in [2.75, 3.05) is 26.2 Å². The van der Waals surface area contributed by atoms with Crippen LogP contribution in [0.1, 0.15) is 18.5 Å². The summed E-state index contributed by atoms with van der Waals surface area (Å²) in [5.74, 6) is 0. The molecule has 1 fully saturated rings. The lowest BCUT2D eigenvalue weighted by Gasteiger charge is -2.32. The average Bonchev–Trinajstić information content (AvgIpc) is 3.02. The van der Waals surface area contributed by atoms with Crippen molar-refractivity contribution >= 4 is 11.3 Å². The van der Waals surface area contributed by atoms with Crippen molar-refractivity contribution in [2.45, 2.75) is 24.9 Å². The molecule has 118 valence electrons. The summed E-state index contributed by atoms with van der Waals surface area (Å²) in [5.41, 5.74) is 1.61. The molecule has 1 saturated heterocycles. The maximum Gasteiger partial charge on any atom is 0.123 e. The maximum atomic E-state index is 10.4. The molecule has 3 heterocycles. The summed E-state index contributed by atoms with van der Waals surface area (Å²) in [4.78, 5) is 8.69. The van der Waals surface area contributed by atoms with Gasteiger partial charge in [-0.15, -0.1) is 11.3 Å². The van der Waals surface area contributed by atoms with E-state index >= 15 is 0 Å². The van der Waals surface area contributed by atoms with E-state index in [4.69, 9.17) is 0 Å². The van der Waals surface area contributed by atoms with Crippen LogP contribution in [-0.4, -0.2) is 46.9 Å². The number of aliphatic hydroxyl groups is 1. The van der Waals surface area contributed by atoms with E-state index in [0.717, 1.165) is 48.6 Å². The van der Waals surface area contributed by atoms with E-state index in [9.17, 15) is 5.11 Å². The largest absolute Gasteiger partial charge is 0.387 e. The van der Waals surface area contributed by atoms with Crippen molar-refractivity contribution in [3.8, 4) is 10.6 Å². The molecule has 0 spiro atoms. The molecule has 0 aromatic carbocycles. The predicted molar refractivity (Wildman–Crippen MR) is 89.0 cm³/mol. The molecule has 0 saturated carbocycles. The van der Waals surface area contributed by atoms with E-state index in [2.05, 4.69) is 26.0 Å². The zero-order chi connectivity index (χ0) is 15.3. The van der Waals surface area contributed by atoms with Gasteiger partial charge >= 0.3 is 0 Å². The molecule has 3 N–H and O–H groups in total. The molecule has 1 aliphatic heterocycles. The SMILES string of the molecule is O[C@]1(CNCCc2csc(-c3ccncc3)n2)CCCNC1. The first-order valence-corrected chi connectivity index (χ1v) is 8.62. The molecule has 2 aromatic heterocycles. The van der Waals surface area contributed by atoms with E-state index in [1.165, 1.54) is 0 Å². The second-order valence-electron chi connectivity index (χ2n) is 5.81. The average molecular weight is 318 g/mol. The number of rotatable bonds is 6. The summed E-state index contributed by atoms with van der Waals surface area (Å²) in [5, 5.41) is 20.1. The van der Waals surface area contributed by atoms with Crippen molar-refractivity contribution in [2.24, 2.45) is 0 Å². The van der Waals surface area contributed by atoms with Gasteiger partial charge in [0.05, 0.1) is 11.3 Å². The van der Waals surface area contributed by atoms with E-state index in [-0.39, 0.29) is 0 Å². The molecule has 1 aliphatic rings. The number of hydrogen-bond donors (Lipinski definition) is 3. The van der Waals surface area contributed by atoms with Gasteiger partial charge < -0.3 is 15.7 Å². The third-order valence-corrected chi connectivity index (χ3v) is 4.88. The standard InChI is InChI=1S/C16H22N4OS/c21-16(5-1-6-18-11-16)12-19-9-4-14-10-22-15(20-14)13-2-7-17-8-3-13/h2-3,7-8,10,18-19,21H,1,4-6,9,11-12H2/t16-/m1/s1. The van der Waals surface area contributed by atoms with Crippen LogP contribution in [0, 0.1) is 0 Å². The topological polar surface area (TPSA) is 70.1 Å². The van der Waals surface area contributed by atoms with Gasteiger partial charge in [0.15, 0.2) is 0 Å². The van der Waals surface area contributed by atoms with E-state index < -0.39 is 5.60 Å². The smallest absolute Gasteiger partial charge is 0.123 e. The Hall–Kier alpha value is -1.34. The normalized spacial score (nSPS) is 21.9. The van der Waals surface area contributed by atoms with Crippen LogP contribution in [0.25, 0.3) is 10.6 Å². The van der Waals surface area contributed by atoms with E-state index in [0.29, 0.717) is 13.1 Å². The Kier molecular flexibility index (Phi) is 5.15. The van der Waals surface area contributed by atoms with Gasteiger partial charge in [-0.3, -0.25) is 4.98 Å². The molecule has 3 rings (SSSR count). The summed E-state index contributed by atoms with van der Waals surface area (Å²) in [6, 6.07) is 3.96. The third kappa shape index (κ3) is 4.10. The number of nitrogens with zero attached hydrogens (tertiary/aromatic N) is 2. The van der Waals surface area contributed by atoms with Crippen molar-refractivity contribution in [1.29, 1.82) is 0 Å². The van der Waals surface area contributed by atoms with Crippen molar-refractivity contribution in [3.63, 3.8) is 0 Å². The molecule has 0 radical (unpaired) electrons. The fraction of sp³-hybridized carbons (Fsp3) is 0.500. The second kappa shape index (κ2) is 7.28. The quantitative estimate of drug-likeness (QED) is 0.703. The summed E-state index contributed by atoms with van der Waals surface area (Å²) < 4.78 is 0. The summed E-state index contributed by atoms with van der Waals surface area (Å²) in [6.07, 6.45) is 6.37. The number of piperidine rings is 1. The Balaban J connectivity index is 1.45. The first-order valence-electron chi connectivity index (χ1n) is 7.74. The van der Waals surface area contributed by atoms with Gasteiger partial charge in [-0.2, -0.15) is 0 Å². The molecule has 22 heavy (non-hydrogen) atoms. The Morgan fingerprint density at radius 2 is 2.23 bits per heavy atom. The molecule has 0 bridgehead atoms. The van der Waals surface area contributed by atoms with Crippen molar-refractivity contribution in [1.82, 2.24) is 20.6 Å². The van der Waals surface area contributed by atoms with Crippen LogP contribution < -0.4 is 10.6 Å². The minimum Gasteiger partial charge on any atom is -0.387 e. The zero-order valence-corrected chi connectivity index (χ0v) is 13.4. The van der Waals surface area contributed by atoms with Crippen LogP contribution in [0.2, 0.25) is 0 Å². The maximum absolute atomic E-state index is 10.4. The lowest BCUT2D eigenvalue weighted by atomic mass is 9.94. The highest BCUT2D eigenvalue weighted by Crippen LogP contribution is 2.22. The molecule has 0 amide bonds. The minimum absolute atomic E-state index is 0.595. The van der Waals surface area contributed by atoms with Crippen LogP contribution in [0.5, 0.6) is 0 Å². The number of nitrogens with one attached hydrogen (secondary N) is 2. The number of hydrogen-bond acceptors (Lipinski definition) is 6. The van der Waals surface area contributed by atoms with Gasteiger partial charge in [-0.05, 0) is 31.5 Å². The summed E-state index contributed by atoms with van der Waals surface area (Å²) in [7, 11) is 0. The highest BCUT2D eigenvalue weighted by atomic mass is 32.1. The molecular weight excluding hydrogens is 296 g/mol. The Labute approximate surface area is 134 Å². The number of thiazole rings is 1. The second-order valence-corrected chi connectivity index (χ2v) is 6.67. The lowest BCUT2D eigenvalue weighted by Crippen LogP contribution is -2.52. The van der Waals surface area contributed by atoms with Gasteiger partial charge in [-0.1, -0.05) is 0 Å². The summed E-state index contributed by atoms with van der Waals surface area (Å²) >= 11 is 1.66. The zero-order valence-electron chi connectivity index (χ0n) is 12.6. The molecule has 6 heteroatoms. The lowest BCUT2D eigenvalue weighted by molar-refractivity contribution is 0.0174.